The zero-order chi connectivity index (χ0) is 20.9. The summed E-state index contributed by atoms with van der Waals surface area (Å²) >= 11 is 0. The molecule has 1 atom stereocenters. The van der Waals surface area contributed by atoms with Gasteiger partial charge in [0.1, 0.15) is 0 Å². The van der Waals surface area contributed by atoms with Crippen molar-refractivity contribution in [1.82, 2.24) is 9.97 Å². The molecule has 2 aromatic heterocycles. The monoisotopic (exact) mass is 401 g/mol. The van der Waals surface area contributed by atoms with Gasteiger partial charge in [0, 0.05) is 43.2 Å². The molecule has 5 nitrogen and oxygen atoms in total. The second-order valence-corrected chi connectivity index (χ2v) is 7.80. The Balaban J connectivity index is 1.52. The first-order chi connectivity index (χ1) is 14.7. The van der Waals surface area contributed by atoms with Crippen LogP contribution in [-0.4, -0.2) is 30.1 Å². The molecule has 5 heteroatoms. The number of carbonyl (C=O) groups excluding carboxylic acids is 1. The minimum atomic E-state index is -0.291. The first-order valence-electron chi connectivity index (χ1n) is 10.4. The number of methoxy groups -OCH3 is 1. The van der Waals surface area contributed by atoms with Gasteiger partial charge in [0.2, 0.25) is 0 Å². The van der Waals surface area contributed by atoms with E-state index in [1.54, 1.807) is 18.5 Å². The molecule has 0 bridgehead atoms. The molecule has 0 spiro atoms. The minimum Gasteiger partial charge on any atom is -0.465 e. The Labute approximate surface area is 177 Å². The molecule has 0 saturated carbocycles. The van der Waals surface area contributed by atoms with Crippen LogP contribution in [0.1, 0.15) is 52.2 Å². The van der Waals surface area contributed by atoms with Crippen LogP contribution in [0, 0.1) is 0 Å². The Morgan fingerprint density at radius 3 is 2.70 bits per heavy atom. The summed E-state index contributed by atoms with van der Waals surface area (Å²) in [5.41, 5.74) is 6.79. The highest BCUT2D eigenvalue weighted by Crippen LogP contribution is 2.37. The third-order valence-electron chi connectivity index (χ3n) is 6.07. The number of anilines is 2. The molecule has 3 aromatic rings. The van der Waals surface area contributed by atoms with E-state index in [4.69, 9.17) is 4.74 Å². The second kappa shape index (κ2) is 9.08. The van der Waals surface area contributed by atoms with Crippen molar-refractivity contribution >= 4 is 17.3 Å². The third-order valence-corrected chi connectivity index (χ3v) is 6.07. The van der Waals surface area contributed by atoms with Crippen LogP contribution in [-0.2, 0) is 17.6 Å². The maximum Gasteiger partial charge on any atom is 0.338 e. The van der Waals surface area contributed by atoms with Crippen LogP contribution >= 0.6 is 0 Å². The van der Waals surface area contributed by atoms with Gasteiger partial charge in [-0.2, -0.15) is 0 Å². The van der Waals surface area contributed by atoms with Gasteiger partial charge in [-0.3, -0.25) is 9.97 Å². The van der Waals surface area contributed by atoms with E-state index in [0.717, 1.165) is 30.5 Å². The van der Waals surface area contributed by atoms with Crippen LogP contribution < -0.4 is 4.90 Å². The quantitative estimate of drug-likeness (QED) is 0.539. The Bertz CT molecular complexity index is 1020. The number of carbonyl (C=O) groups is 1. The summed E-state index contributed by atoms with van der Waals surface area (Å²) in [5.74, 6) is 0.208. The first-order valence-corrected chi connectivity index (χ1v) is 10.4. The average Bonchev–Trinajstić information content (AvgIpc) is 2.82. The van der Waals surface area contributed by atoms with Gasteiger partial charge in [-0.15, -0.1) is 0 Å². The maximum atomic E-state index is 12.0. The number of benzene rings is 1. The number of aromatic nitrogens is 2. The number of pyridine rings is 2. The SMILES string of the molecule is COC(=O)c1ccncc1CC[C@@H]1CCCc2cc(N(C)c3ccncc3)ccc21. The van der Waals surface area contributed by atoms with Crippen molar-refractivity contribution in [3.8, 4) is 0 Å². The smallest absolute Gasteiger partial charge is 0.338 e. The van der Waals surface area contributed by atoms with E-state index in [0.29, 0.717) is 11.5 Å². The van der Waals surface area contributed by atoms with Gasteiger partial charge in [-0.25, -0.2) is 4.79 Å². The summed E-state index contributed by atoms with van der Waals surface area (Å²) in [6, 6.07) is 12.6. The lowest BCUT2D eigenvalue weighted by molar-refractivity contribution is 0.0599. The van der Waals surface area contributed by atoms with E-state index in [9.17, 15) is 4.79 Å². The second-order valence-electron chi connectivity index (χ2n) is 7.80. The molecule has 1 aliphatic rings. The Morgan fingerprint density at radius 1 is 1.10 bits per heavy atom. The molecule has 154 valence electrons. The summed E-state index contributed by atoms with van der Waals surface area (Å²) in [5, 5.41) is 0. The highest BCUT2D eigenvalue weighted by molar-refractivity contribution is 5.90. The van der Waals surface area contributed by atoms with Gasteiger partial charge >= 0.3 is 5.97 Å². The number of hydrogen-bond donors (Lipinski definition) is 0. The van der Waals surface area contributed by atoms with E-state index >= 15 is 0 Å². The Kier molecular flexibility index (Phi) is 6.07. The van der Waals surface area contributed by atoms with Crippen molar-refractivity contribution in [2.45, 2.75) is 38.0 Å². The first kappa shape index (κ1) is 20.1. The fourth-order valence-electron chi connectivity index (χ4n) is 4.39. The highest BCUT2D eigenvalue weighted by Gasteiger charge is 2.22. The third kappa shape index (κ3) is 4.20. The average molecular weight is 402 g/mol. The number of rotatable bonds is 6. The number of ether oxygens (including phenoxy) is 1. The van der Waals surface area contributed by atoms with Gasteiger partial charge in [0.05, 0.1) is 12.7 Å². The predicted molar refractivity (Wildman–Crippen MR) is 118 cm³/mol. The van der Waals surface area contributed by atoms with E-state index in [1.807, 2.05) is 24.5 Å². The summed E-state index contributed by atoms with van der Waals surface area (Å²) in [4.78, 5) is 22.6. The summed E-state index contributed by atoms with van der Waals surface area (Å²) < 4.78 is 4.92. The fourth-order valence-corrected chi connectivity index (χ4v) is 4.39. The van der Waals surface area contributed by atoms with Gasteiger partial charge < -0.3 is 9.64 Å². The predicted octanol–water partition coefficient (Wildman–Crippen LogP) is 5.08. The van der Waals surface area contributed by atoms with Gasteiger partial charge in [-0.1, -0.05) is 6.07 Å². The molecule has 0 saturated heterocycles. The lowest BCUT2D eigenvalue weighted by atomic mass is 9.79. The summed E-state index contributed by atoms with van der Waals surface area (Å²) in [7, 11) is 3.51. The molecule has 0 amide bonds. The fraction of sp³-hybridized carbons (Fsp3) is 0.320. The number of aryl methyl sites for hydroxylation is 2. The van der Waals surface area contributed by atoms with E-state index in [2.05, 4.69) is 40.1 Å². The largest absolute Gasteiger partial charge is 0.465 e. The number of nitrogens with zero attached hydrogens (tertiary/aromatic N) is 3. The molecule has 4 rings (SSSR count). The topological polar surface area (TPSA) is 55.3 Å². The molecular weight excluding hydrogens is 374 g/mol. The molecule has 0 unspecified atom stereocenters. The molecule has 30 heavy (non-hydrogen) atoms. The van der Waals surface area contributed by atoms with Crippen LogP contribution in [0.5, 0.6) is 0 Å². The number of esters is 1. The van der Waals surface area contributed by atoms with Gasteiger partial charge in [0.15, 0.2) is 0 Å². The van der Waals surface area contributed by atoms with Gasteiger partial charge in [-0.05, 0) is 85.0 Å². The summed E-state index contributed by atoms with van der Waals surface area (Å²) in [6.07, 6.45) is 12.4. The van der Waals surface area contributed by atoms with Crippen molar-refractivity contribution in [3.63, 3.8) is 0 Å². The molecule has 0 fully saturated rings. The molecule has 0 aliphatic heterocycles. The van der Waals surface area contributed by atoms with Crippen LogP contribution in [0.15, 0.2) is 61.2 Å². The van der Waals surface area contributed by atoms with Crippen LogP contribution in [0.2, 0.25) is 0 Å². The minimum absolute atomic E-state index is 0.291. The lowest BCUT2D eigenvalue weighted by Gasteiger charge is -2.28. The van der Waals surface area contributed by atoms with Crippen LogP contribution in [0.25, 0.3) is 0 Å². The van der Waals surface area contributed by atoms with Crippen molar-refractivity contribution in [3.05, 3.63) is 83.4 Å². The Hall–Kier alpha value is -3.21. The zero-order valence-corrected chi connectivity index (χ0v) is 17.5. The summed E-state index contributed by atoms with van der Waals surface area (Å²) in [6.45, 7) is 0. The molecule has 0 radical (unpaired) electrons. The van der Waals surface area contributed by atoms with Gasteiger partial charge in [0.25, 0.3) is 0 Å². The molecule has 0 N–H and O–H groups in total. The van der Waals surface area contributed by atoms with Crippen LogP contribution in [0.4, 0.5) is 11.4 Å². The van der Waals surface area contributed by atoms with Crippen molar-refractivity contribution in [1.29, 1.82) is 0 Å². The van der Waals surface area contributed by atoms with Crippen molar-refractivity contribution < 1.29 is 9.53 Å². The highest BCUT2D eigenvalue weighted by atomic mass is 16.5. The zero-order valence-electron chi connectivity index (χ0n) is 17.5. The maximum absolute atomic E-state index is 12.0. The Morgan fingerprint density at radius 2 is 1.90 bits per heavy atom. The van der Waals surface area contributed by atoms with E-state index in [1.165, 1.54) is 36.8 Å². The van der Waals surface area contributed by atoms with Crippen molar-refractivity contribution in [2.75, 3.05) is 19.1 Å². The standard InChI is InChI=1S/C25H27N3O2/c1-28(21-10-13-26-14-11-21)22-8-9-23-18(4-3-5-19(23)16-22)6-7-20-17-27-15-12-24(20)25(29)30-2/h8-18H,3-7H2,1-2H3/t18-/m0/s1. The number of fused-ring (bicyclic) bond motifs is 1. The molecular formula is C25H27N3O2. The lowest BCUT2D eigenvalue weighted by Crippen LogP contribution is -2.14. The number of hydrogen-bond acceptors (Lipinski definition) is 5. The van der Waals surface area contributed by atoms with Crippen LogP contribution in [0.3, 0.4) is 0 Å². The normalized spacial score (nSPS) is 15.3. The van der Waals surface area contributed by atoms with Crippen molar-refractivity contribution in [2.24, 2.45) is 0 Å². The molecule has 1 aliphatic carbocycles. The molecule has 1 aromatic carbocycles. The van der Waals surface area contributed by atoms with E-state index in [-0.39, 0.29) is 5.97 Å². The molecule has 2 heterocycles. The van der Waals surface area contributed by atoms with E-state index < -0.39 is 0 Å².